The summed E-state index contributed by atoms with van der Waals surface area (Å²) in [5, 5.41) is 5.21. The van der Waals surface area contributed by atoms with Crippen LogP contribution in [0.1, 0.15) is 31.4 Å². The maximum Gasteiger partial charge on any atom is 0.212 e. The third-order valence-electron chi connectivity index (χ3n) is 3.10. The molecule has 1 fully saturated rings. The highest BCUT2D eigenvalue weighted by Gasteiger charge is 2.17. The fraction of sp³-hybridized carbons (Fsp3) is 0.727. The van der Waals surface area contributed by atoms with E-state index >= 15 is 0 Å². The van der Waals surface area contributed by atoms with Gasteiger partial charge in [0.15, 0.2) is 0 Å². The number of rotatable bonds is 6. The summed E-state index contributed by atoms with van der Waals surface area (Å²) in [5.41, 5.74) is 2.48. The van der Waals surface area contributed by atoms with Gasteiger partial charge in [-0.2, -0.15) is 0 Å². The molecular weight excluding hydrogens is 270 g/mol. The summed E-state index contributed by atoms with van der Waals surface area (Å²) < 4.78 is 26.2. The standard InChI is InChI=1S/C11H19N3O2S2/c15-18(16,14-7-11-8-17-9-13-11)6-4-10-3-1-2-5-12-10/h8-10,12,14H,1-7H2. The van der Waals surface area contributed by atoms with E-state index in [1.165, 1.54) is 24.2 Å². The van der Waals surface area contributed by atoms with Crippen LogP contribution in [-0.4, -0.2) is 31.7 Å². The number of sulfonamides is 1. The van der Waals surface area contributed by atoms with Crippen molar-refractivity contribution in [3.8, 4) is 0 Å². The fourth-order valence-electron chi connectivity index (χ4n) is 2.05. The molecule has 1 aromatic rings. The predicted octanol–water partition coefficient (Wildman–Crippen LogP) is 1.09. The molecule has 2 rings (SSSR count). The second-order valence-electron chi connectivity index (χ2n) is 4.56. The van der Waals surface area contributed by atoms with E-state index < -0.39 is 10.0 Å². The zero-order valence-electron chi connectivity index (χ0n) is 10.3. The van der Waals surface area contributed by atoms with E-state index in [0.29, 0.717) is 19.0 Å². The average Bonchev–Trinajstić information content (AvgIpc) is 2.89. The number of aromatic nitrogens is 1. The lowest BCUT2D eigenvalue weighted by Crippen LogP contribution is -2.37. The molecule has 102 valence electrons. The topological polar surface area (TPSA) is 71.1 Å². The SMILES string of the molecule is O=S(=O)(CCC1CCCCN1)NCc1cscn1. The Morgan fingerprint density at radius 1 is 1.50 bits per heavy atom. The minimum atomic E-state index is -3.18. The van der Waals surface area contributed by atoms with Crippen LogP contribution >= 0.6 is 11.3 Å². The fourth-order valence-corrected chi connectivity index (χ4v) is 3.71. The quantitative estimate of drug-likeness (QED) is 0.822. The Bertz CT molecular complexity index is 439. The van der Waals surface area contributed by atoms with E-state index in [0.717, 1.165) is 18.7 Å². The minimum absolute atomic E-state index is 0.189. The van der Waals surface area contributed by atoms with E-state index in [-0.39, 0.29) is 5.75 Å². The minimum Gasteiger partial charge on any atom is -0.314 e. The van der Waals surface area contributed by atoms with Crippen molar-refractivity contribution in [1.82, 2.24) is 15.0 Å². The molecule has 0 amide bonds. The Labute approximate surface area is 112 Å². The Kier molecular flexibility index (Phi) is 5.11. The van der Waals surface area contributed by atoms with Crippen molar-refractivity contribution >= 4 is 21.4 Å². The number of hydrogen-bond donors (Lipinski definition) is 2. The number of hydrogen-bond acceptors (Lipinski definition) is 5. The second kappa shape index (κ2) is 6.60. The van der Waals surface area contributed by atoms with Crippen molar-refractivity contribution in [2.24, 2.45) is 0 Å². The first-order valence-electron chi connectivity index (χ1n) is 6.23. The lowest BCUT2D eigenvalue weighted by molar-refractivity contribution is 0.392. The van der Waals surface area contributed by atoms with Crippen LogP contribution in [0, 0.1) is 0 Å². The Hall–Kier alpha value is -0.500. The van der Waals surface area contributed by atoms with Crippen LogP contribution < -0.4 is 10.0 Å². The van der Waals surface area contributed by atoms with Crippen LogP contribution in [0.15, 0.2) is 10.9 Å². The maximum atomic E-state index is 11.8. The average molecular weight is 289 g/mol. The first-order chi connectivity index (χ1) is 8.66. The first-order valence-corrected chi connectivity index (χ1v) is 8.83. The Morgan fingerprint density at radius 2 is 2.39 bits per heavy atom. The van der Waals surface area contributed by atoms with Gasteiger partial charge in [-0.1, -0.05) is 6.42 Å². The van der Waals surface area contributed by atoms with E-state index in [9.17, 15) is 8.42 Å². The third kappa shape index (κ3) is 4.64. The van der Waals surface area contributed by atoms with Gasteiger partial charge >= 0.3 is 0 Å². The molecule has 1 aliphatic rings. The number of nitrogens with one attached hydrogen (secondary N) is 2. The van der Waals surface area contributed by atoms with Crippen LogP contribution in [0.3, 0.4) is 0 Å². The lowest BCUT2D eigenvalue weighted by atomic mass is 10.0. The van der Waals surface area contributed by atoms with Crippen LogP contribution in [0.25, 0.3) is 0 Å². The number of nitrogens with zero attached hydrogens (tertiary/aromatic N) is 1. The van der Waals surface area contributed by atoms with Gasteiger partial charge in [0.2, 0.25) is 10.0 Å². The molecule has 18 heavy (non-hydrogen) atoms. The highest BCUT2D eigenvalue weighted by atomic mass is 32.2. The number of thiazole rings is 1. The van der Waals surface area contributed by atoms with Crippen LogP contribution in [0.5, 0.6) is 0 Å². The van der Waals surface area contributed by atoms with Crippen LogP contribution in [-0.2, 0) is 16.6 Å². The molecule has 2 N–H and O–H groups in total. The first kappa shape index (κ1) is 13.9. The van der Waals surface area contributed by atoms with Gasteiger partial charge in [0.25, 0.3) is 0 Å². The van der Waals surface area contributed by atoms with E-state index in [4.69, 9.17) is 0 Å². The zero-order valence-corrected chi connectivity index (χ0v) is 11.9. The summed E-state index contributed by atoms with van der Waals surface area (Å²) in [4.78, 5) is 4.05. The largest absolute Gasteiger partial charge is 0.314 e. The molecule has 1 aromatic heterocycles. The monoisotopic (exact) mass is 289 g/mol. The zero-order chi connectivity index (χ0) is 12.8. The number of piperidine rings is 1. The van der Waals surface area contributed by atoms with Crippen LogP contribution in [0.2, 0.25) is 0 Å². The van der Waals surface area contributed by atoms with Crippen LogP contribution in [0.4, 0.5) is 0 Å². The van der Waals surface area contributed by atoms with Gasteiger partial charge in [-0.3, -0.25) is 0 Å². The van der Waals surface area contributed by atoms with Crippen molar-refractivity contribution in [2.75, 3.05) is 12.3 Å². The molecule has 7 heteroatoms. The Balaban J connectivity index is 1.73. The summed E-state index contributed by atoms with van der Waals surface area (Å²) in [5.74, 6) is 0.189. The Morgan fingerprint density at radius 3 is 3.06 bits per heavy atom. The molecular formula is C11H19N3O2S2. The molecule has 0 aliphatic carbocycles. The van der Waals surface area contributed by atoms with E-state index in [1.54, 1.807) is 5.51 Å². The van der Waals surface area contributed by atoms with Crippen molar-refractivity contribution in [2.45, 2.75) is 38.3 Å². The van der Waals surface area contributed by atoms with Gasteiger partial charge in [0, 0.05) is 11.4 Å². The van der Waals surface area contributed by atoms with Crippen molar-refractivity contribution in [1.29, 1.82) is 0 Å². The second-order valence-corrected chi connectivity index (χ2v) is 7.20. The van der Waals surface area contributed by atoms with Crippen molar-refractivity contribution in [3.05, 3.63) is 16.6 Å². The summed E-state index contributed by atoms with van der Waals surface area (Å²) in [6, 6.07) is 0.356. The maximum absolute atomic E-state index is 11.8. The van der Waals surface area contributed by atoms with Crippen molar-refractivity contribution < 1.29 is 8.42 Å². The highest BCUT2D eigenvalue weighted by molar-refractivity contribution is 7.89. The summed E-state index contributed by atoms with van der Waals surface area (Å²) in [6.07, 6.45) is 4.17. The van der Waals surface area contributed by atoms with Crippen molar-refractivity contribution in [3.63, 3.8) is 0 Å². The highest BCUT2D eigenvalue weighted by Crippen LogP contribution is 2.11. The molecule has 0 aromatic carbocycles. The van der Waals surface area contributed by atoms with Gasteiger partial charge in [-0.25, -0.2) is 18.1 Å². The normalized spacial score (nSPS) is 21.0. The molecule has 2 heterocycles. The third-order valence-corrected chi connectivity index (χ3v) is 5.10. The van der Waals surface area contributed by atoms with E-state index in [1.807, 2.05) is 5.38 Å². The molecule has 5 nitrogen and oxygen atoms in total. The molecule has 1 unspecified atom stereocenters. The molecule has 0 spiro atoms. The molecule has 0 radical (unpaired) electrons. The van der Waals surface area contributed by atoms with Gasteiger partial charge in [0.1, 0.15) is 0 Å². The van der Waals surface area contributed by atoms with E-state index in [2.05, 4.69) is 15.0 Å². The summed E-state index contributed by atoms with van der Waals surface area (Å²) in [7, 11) is -3.18. The molecule has 0 saturated carbocycles. The van der Waals surface area contributed by atoms with Gasteiger partial charge in [0.05, 0.1) is 23.5 Å². The molecule has 1 atom stereocenters. The summed E-state index contributed by atoms with van der Waals surface area (Å²) >= 11 is 1.47. The van der Waals surface area contributed by atoms with Gasteiger partial charge in [-0.05, 0) is 25.8 Å². The summed E-state index contributed by atoms with van der Waals surface area (Å²) in [6.45, 7) is 1.31. The molecule has 0 bridgehead atoms. The molecule has 1 saturated heterocycles. The predicted molar refractivity (Wildman–Crippen MR) is 73.0 cm³/mol. The molecule has 1 aliphatic heterocycles. The lowest BCUT2D eigenvalue weighted by Gasteiger charge is -2.23. The van der Waals surface area contributed by atoms with Gasteiger partial charge < -0.3 is 5.32 Å². The smallest absolute Gasteiger partial charge is 0.212 e. The van der Waals surface area contributed by atoms with Gasteiger partial charge in [-0.15, -0.1) is 11.3 Å².